The number of allylic oxidation sites excluding steroid dienone is 4. The van der Waals surface area contributed by atoms with Gasteiger partial charge in [-0.1, -0.05) is 42.3 Å². The third-order valence-electron chi connectivity index (χ3n) is 3.48. The van der Waals surface area contributed by atoms with Gasteiger partial charge in [0.2, 0.25) is 0 Å². The first kappa shape index (κ1) is 16.7. The first-order valence-electron chi connectivity index (χ1n) is 6.83. The van der Waals surface area contributed by atoms with E-state index in [9.17, 15) is 4.79 Å². The molecule has 0 radical (unpaired) electrons. The van der Waals surface area contributed by atoms with Crippen molar-refractivity contribution >= 4 is 17.9 Å². The molecule has 1 aromatic carbocycles. The summed E-state index contributed by atoms with van der Waals surface area (Å²) in [6.07, 6.45) is 6.00. The first-order chi connectivity index (χ1) is 9.28. The summed E-state index contributed by atoms with van der Waals surface area (Å²) in [5, 5.41) is 0.728. The Hall–Kier alpha value is -1.34. The maximum atomic E-state index is 11.0. The zero-order valence-corrected chi connectivity index (χ0v) is 13.7. The molecule has 2 heteroatoms. The Morgan fingerprint density at radius 3 is 2.50 bits per heavy atom. The summed E-state index contributed by atoms with van der Waals surface area (Å²) < 4.78 is 0. The molecule has 0 bridgehead atoms. The fourth-order valence-corrected chi connectivity index (χ4v) is 2.58. The predicted molar refractivity (Wildman–Crippen MR) is 87.4 cm³/mol. The summed E-state index contributed by atoms with van der Waals surface area (Å²) >= 11 is 6.15. The van der Waals surface area contributed by atoms with Crippen LogP contribution in [0.25, 0.3) is 0 Å². The van der Waals surface area contributed by atoms with Gasteiger partial charge in [-0.05, 0) is 62.9 Å². The number of carbonyl (C=O) groups excluding carboxylic acids is 1. The third kappa shape index (κ3) is 4.35. The molecule has 0 aromatic heterocycles. The van der Waals surface area contributed by atoms with E-state index in [1.807, 2.05) is 31.2 Å². The van der Waals surface area contributed by atoms with E-state index < -0.39 is 0 Å². The summed E-state index contributed by atoms with van der Waals surface area (Å²) in [6, 6.07) is 5.94. The van der Waals surface area contributed by atoms with Crippen LogP contribution in [-0.4, -0.2) is 6.29 Å². The van der Waals surface area contributed by atoms with E-state index in [0.29, 0.717) is 0 Å². The molecule has 1 unspecified atom stereocenters. The van der Waals surface area contributed by atoms with E-state index >= 15 is 0 Å². The minimum atomic E-state index is -0.225. The molecule has 108 valence electrons. The van der Waals surface area contributed by atoms with Crippen molar-refractivity contribution in [2.75, 3.05) is 0 Å². The summed E-state index contributed by atoms with van der Waals surface area (Å²) in [7, 11) is 0. The number of rotatable bonds is 5. The molecule has 0 spiro atoms. The van der Waals surface area contributed by atoms with E-state index in [2.05, 4.69) is 33.8 Å². The number of aryl methyl sites for hydroxylation is 1. The molecule has 1 aromatic rings. The lowest BCUT2D eigenvalue weighted by molar-refractivity contribution is -0.104. The van der Waals surface area contributed by atoms with Crippen LogP contribution in [0, 0.1) is 6.92 Å². The Morgan fingerprint density at radius 1 is 1.30 bits per heavy atom. The lowest BCUT2D eigenvalue weighted by Crippen LogP contribution is -2.20. The molecule has 0 fully saturated rings. The second-order valence-corrected chi connectivity index (χ2v) is 6.30. The smallest absolute Gasteiger partial charge is 0.145 e. The van der Waals surface area contributed by atoms with Gasteiger partial charge in [-0.3, -0.25) is 4.79 Å². The van der Waals surface area contributed by atoms with Crippen molar-refractivity contribution in [1.29, 1.82) is 0 Å². The summed E-state index contributed by atoms with van der Waals surface area (Å²) in [6.45, 7) is 10.2. The highest BCUT2D eigenvalue weighted by Gasteiger charge is 2.25. The van der Waals surface area contributed by atoms with Crippen LogP contribution in [0.15, 0.2) is 41.5 Å². The maximum absolute atomic E-state index is 11.0. The number of carbonyl (C=O) groups is 1. The molecule has 20 heavy (non-hydrogen) atoms. The van der Waals surface area contributed by atoms with Crippen LogP contribution in [-0.2, 0) is 10.2 Å². The predicted octanol–water partition coefficient (Wildman–Crippen LogP) is 5.41. The highest BCUT2D eigenvalue weighted by atomic mass is 35.5. The van der Waals surface area contributed by atoms with Gasteiger partial charge in [0.05, 0.1) is 0 Å². The topological polar surface area (TPSA) is 17.1 Å². The minimum Gasteiger partial charge on any atom is -0.298 e. The molecule has 0 saturated carbocycles. The first-order valence-corrected chi connectivity index (χ1v) is 7.21. The van der Waals surface area contributed by atoms with Crippen molar-refractivity contribution in [1.82, 2.24) is 0 Å². The Morgan fingerprint density at radius 2 is 1.95 bits per heavy atom. The normalized spacial score (nSPS) is 14.6. The Labute approximate surface area is 127 Å². The fourth-order valence-electron chi connectivity index (χ4n) is 2.41. The zero-order valence-electron chi connectivity index (χ0n) is 13.0. The van der Waals surface area contributed by atoms with Gasteiger partial charge >= 0.3 is 0 Å². The maximum Gasteiger partial charge on any atom is 0.145 e. The zero-order chi connectivity index (χ0) is 15.3. The van der Waals surface area contributed by atoms with Gasteiger partial charge < -0.3 is 0 Å². The number of benzene rings is 1. The standard InChI is InChI=1S/C18H23ClO/c1-13(2)8-9-18(5,11-14(3)12-20)17-10-16(19)7-6-15(17)4/h6-8,10-12H,9H2,1-5H3/b14-11+. The Bertz CT molecular complexity index is 551. The SMILES string of the molecule is CC(C)=CCC(C)(/C=C(\C)C=O)c1cc(Cl)ccc1C. The van der Waals surface area contributed by atoms with Crippen molar-refractivity contribution in [3.63, 3.8) is 0 Å². The monoisotopic (exact) mass is 290 g/mol. The quantitative estimate of drug-likeness (QED) is 0.403. The van der Waals surface area contributed by atoms with Gasteiger partial charge in [-0.15, -0.1) is 0 Å². The van der Waals surface area contributed by atoms with Crippen LogP contribution in [0.5, 0.6) is 0 Å². The van der Waals surface area contributed by atoms with Crippen LogP contribution >= 0.6 is 11.6 Å². The van der Waals surface area contributed by atoms with Crippen molar-refractivity contribution in [2.24, 2.45) is 0 Å². The lowest BCUT2D eigenvalue weighted by atomic mass is 9.76. The molecule has 0 aliphatic heterocycles. The lowest BCUT2D eigenvalue weighted by Gasteiger charge is -2.28. The number of halogens is 1. The van der Waals surface area contributed by atoms with Crippen LogP contribution in [0.4, 0.5) is 0 Å². The van der Waals surface area contributed by atoms with Crippen molar-refractivity contribution in [3.8, 4) is 0 Å². The number of hydrogen-bond donors (Lipinski definition) is 0. The van der Waals surface area contributed by atoms with Gasteiger partial charge in [0, 0.05) is 10.4 Å². The van der Waals surface area contributed by atoms with Gasteiger partial charge in [-0.25, -0.2) is 0 Å². The van der Waals surface area contributed by atoms with Crippen LogP contribution < -0.4 is 0 Å². The van der Waals surface area contributed by atoms with E-state index in [1.165, 1.54) is 16.7 Å². The second-order valence-electron chi connectivity index (χ2n) is 5.87. The third-order valence-corrected chi connectivity index (χ3v) is 3.72. The minimum absolute atomic E-state index is 0.225. The molecule has 0 amide bonds. The molecular formula is C18H23ClO. The van der Waals surface area contributed by atoms with Crippen LogP contribution in [0.1, 0.15) is 45.2 Å². The molecular weight excluding hydrogens is 268 g/mol. The van der Waals surface area contributed by atoms with Gasteiger partial charge in [0.15, 0.2) is 0 Å². The summed E-state index contributed by atoms with van der Waals surface area (Å²) in [4.78, 5) is 11.0. The van der Waals surface area contributed by atoms with Gasteiger partial charge in [0.1, 0.15) is 6.29 Å². The Balaban J connectivity index is 3.39. The summed E-state index contributed by atoms with van der Waals surface area (Å²) in [5.74, 6) is 0. The fraction of sp³-hybridized carbons (Fsp3) is 0.389. The molecule has 1 nitrogen and oxygen atoms in total. The number of aldehydes is 1. The summed E-state index contributed by atoms with van der Waals surface area (Å²) in [5.41, 5.74) is 4.15. The number of hydrogen-bond acceptors (Lipinski definition) is 1. The molecule has 0 aliphatic rings. The van der Waals surface area contributed by atoms with Gasteiger partial charge in [-0.2, -0.15) is 0 Å². The molecule has 1 rings (SSSR count). The van der Waals surface area contributed by atoms with Crippen molar-refractivity contribution in [2.45, 2.75) is 46.5 Å². The molecule has 0 saturated heterocycles. The van der Waals surface area contributed by atoms with E-state index in [4.69, 9.17) is 11.6 Å². The van der Waals surface area contributed by atoms with Crippen LogP contribution in [0.3, 0.4) is 0 Å². The average molecular weight is 291 g/mol. The Kier molecular flexibility index (Phi) is 5.76. The van der Waals surface area contributed by atoms with Crippen molar-refractivity contribution in [3.05, 3.63) is 57.6 Å². The average Bonchev–Trinajstić information content (AvgIpc) is 2.39. The van der Waals surface area contributed by atoms with Gasteiger partial charge in [0.25, 0.3) is 0 Å². The molecule has 0 aliphatic carbocycles. The molecule has 1 atom stereocenters. The molecule has 0 N–H and O–H groups in total. The molecule has 0 heterocycles. The van der Waals surface area contributed by atoms with E-state index in [1.54, 1.807) is 0 Å². The highest BCUT2D eigenvalue weighted by Crippen LogP contribution is 2.35. The van der Waals surface area contributed by atoms with Crippen LogP contribution in [0.2, 0.25) is 5.02 Å². The van der Waals surface area contributed by atoms with Crippen molar-refractivity contribution < 1.29 is 4.79 Å². The second kappa shape index (κ2) is 6.90. The van der Waals surface area contributed by atoms with E-state index in [-0.39, 0.29) is 5.41 Å². The largest absolute Gasteiger partial charge is 0.298 e. The van der Waals surface area contributed by atoms with E-state index in [0.717, 1.165) is 23.3 Å². The highest BCUT2D eigenvalue weighted by molar-refractivity contribution is 6.30.